The molecule has 0 atom stereocenters. The van der Waals surface area contributed by atoms with Crippen molar-refractivity contribution < 1.29 is 9.47 Å². The number of rotatable bonds is 4. The minimum Gasteiger partial charge on any atom is -0.350 e. The van der Waals surface area contributed by atoms with E-state index in [1.807, 2.05) is 12.1 Å². The van der Waals surface area contributed by atoms with Crippen LogP contribution >= 0.6 is 23.2 Å². The molecular weight excluding hydrogens is 275 g/mol. The van der Waals surface area contributed by atoms with Crippen molar-refractivity contribution in [1.29, 1.82) is 0 Å². The van der Waals surface area contributed by atoms with Crippen LogP contribution in [0.25, 0.3) is 11.3 Å². The molecule has 0 saturated heterocycles. The highest BCUT2D eigenvalue weighted by Gasteiger charge is 2.14. The van der Waals surface area contributed by atoms with Gasteiger partial charge in [-0.25, -0.2) is 0 Å². The number of halogens is 2. The molecule has 1 aromatic heterocycles. The Morgan fingerprint density at radius 3 is 2.50 bits per heavy atom. The molecule has 6 heteroatoms. The number of benzene rings is 1. The fraction of sp³-hybridized carbons (Fsp3) is 0.250. The molecule has 0 aliphatic carbocycles. The Hall–Kier alpha value is -1.07. The molecule has 4 nitrogen and oxygen atoms in total. The number of nitrogens with one attached hydrogen (secondary N) is 1. The molecule has 0 aliphatic heterocycles. The molecule has 0 fully saturated rings. The third-order valence-electron chi connectivity index (χ3n) is 2.49. The quantitative estimate of drug-likeness (QED) is 0.873. The summed E-state index contributed by atoms with van der Waals surface area (Å²) >= 11 is 12.0. The summed E-state index contributed by atoms with van der Waals surface area (Å²) in [6.45, 7) is 0. The minimum atomic E-state index is -0.475. The van der Waals surface area contributed by atoms with Crippen molar-refractivity contribution in [3.8, 4) is 11.3 Å². The monoisotopic (exact) mass is 286 g/mol. The Morgan fingerprint density at radius 1 is 1.17 bits per heavy atom. The van der Waals surface area contributed by atoms with Gasteiger partial charge >= 0.3 is 0 Å². The van der Waals surface area contributed by atoms with Crippen molar-refractivity contribution >= 4 is 23.2 Å². The molecule has 1 heterocycles. The van der Waals surface area contributed by atoms with Crippen LogP contribution in [0.2, 0.25) is 10.0 Å². The molecule has 1 aromatic carbocycles. The van der Waals surface area contributed by atoms with Crippen LogP contribution in [0.5, 0.6) is 0 Å². The molecule has 18 heavy (non-hydrogen) atoms. The van der Waals surface area contributed by atoms with Crippen LogP contribution in [0.3, 0.4) is 0 Å². The number of aromatic amines is 1. The van der Waals surface area contributed by atoms with Gasteiger partial charge in [0.2, 0.25) is 0 Å². The smallest absolute Gasteiger partial charge is 0.199 e. The number of methoxy groups -OCH3 is 2. The number of nitrogens with zero attached hydrogens (tertiary/aromatic N) is 1. The number of aromatic nitrogens is 2. The van der Waals surface area contributed by atoms with Crippen molar-refractivity contribution in [1.82, 2.24) is 10.2 Å². The summed E-state index contributed by atoms with van der Waals surface area (Å²) in [5.41, 5.74) is 2.24. The molecule has 0 radical (unpaired) electrons. The average Bonchev–Trinajstić information content (AvgIpc) is 2.80. The summed E-state index contributed by atoms with van der Waals surface area (Å²) in [7, 11) is 3.12. The van der Waals surface area contributed by atoms with Crippen molar-refractivity contribution in [2.24, 2.45) is 0 Å². The summed E-state index contributed by atoms with van der Waals surface area (Å²) in [6.07, 6.45) is -0.475. The summed E-state index contributed by atoms with van der Waals surface area (Å²) in [5, 5.41) is 8.17. The molecule has 0 amide bonds. The van der Waals surface area contributed by atoms with Gasteiger partial charge in [0.05, 0.1) is 16.4 Å². The van der Waals surface area contributed by atoms with E-state index in [1.54, 1.807) is 26.4 Å². The predicted molar refractivity (Wildman–Crippen MR) is 70.8 cm³/mol. The zero-order valence-electron chi connectivity index (χ0n) is 9.91. The first-order valence-electron chi connectivity index (χ1n) is 5.22. The van der Waals surface area contributed by atoms with Crippen LogP contribution in [-0.4, -0.2) is 24.4 Å². The molecule has 2 aromatic rings. The first-order valence-corrected chi connectivity index (χ1v) is 5.97. The van der Waals surface area contributed by atoms with Gasteiger partial charge in [-0.15, -0.1) is 0 Å². The van der Waals surface area contributed by atoms with Crippen molar-refractivity contribution in [3.63, 3.8) is 0 Å². The van der Waals surface area contributed by atoms with Gasteiger partial charge < -0.3 is 9.47 Å². The fourth-order valence-corrected chi connectivity index (χ4v) is 2.15. The first kappa shape index (κ1) is 13.4. The lowest BCUT2D eigenvalue weighted by Crippen LogP contribution is -2.03. The van der Waals surface area contributed by atoms with Gasteiger partial charge in [-0.05, 0) is 24.3 Å². The second-order valence-corrected chi connectivity index (χ2v) is 4.48. The highest BCUT2D eigenvalue weighted by atomic mass is 35.5. The maximum Gasteiger partial charge on any atom is 0.199 e. The number of hydrogen-bond acceptors (Lipinski definition) is 3. The second-order valence-electron chi connectivity index (χ2n) is 3.64. The zero-order chi connectivity index (χ0) is 13.1. The summed E-state index contributed by atoms with van der Waals surface area (Å²) in [5.74, 6) is 0. The number of hydrogen-bond donors (Lipinski definition) is 1. The van der Waals surface area contributed by atoms with Crippen LogP contribution in [0.1, 0.15) is 12.0 Å². The summed E-state index contributed by atoms with van der Waals surface area (Å²) in [6, 6.07) is 7.09. The Balaban J connectivity index is 2.34. The minimum absolute atomic E-state index is 0.475. The maximum absolute atomic E-state index is 6.12. The van der Waals surface area contributed by atoms with Crippen LogP contribution < -0.4 is 0 Å². The summed E-state index contributed by atoms with van der Waals surface area (Å²) in [4.78, 5) is 0. The topological polar surface area (TPSA) is 47.1 Å². The molecule has 96 valence electrons. The molecule has 2 rings (SSSR count). The van der Waals surface area contributed by atoms with Crippen molar-refractivity contribution in [2.45, 2.75) is 6.29 Å². The summed E-state index contributed by atoms with van der Waals surface area (Å²) < 4.78 is 10.3. The lowest BCUT2D eigenvalue weighted by atomic mass is 10.1. The molecule has 0 aliphatic rings. The van der Waals surface area contributed by atoms with E-state index in [-0.39, 0.29) is 0 Å². The van der Waals surface area contributed by atoms with E-state index >= 15 is 0 Å². The van der Waals surface area contributed by atoms with Gasteiger partial charge in [-0.1, -0.05) is 23.2 Å². The largest absolute Gasteiger partial charge is 0.350 e. The van der Waals surface area contributed by atoms with E-state index in [4.69, 9.17) is 32.7 Å². The van der Waals surface area contributed by atoms with E-state index in [9.17, 15) is 0 Å². The lowest BCUT2D eigenvalue weighted by molar-refractivity contribution is -0.108. The molecule has 0 unspecified atom stereocenters. The van der Waals surface area contributed by atoms with Gasteiger partial charge in [0.15, 0.2) is 6.29 Å². The Kier molecular flexibility index (Phi) is 4.24. The first-order chi connectivity index (χ1) is 8.65. The highest BCUT2D eigenvalue weighted by Crippen LogP contribution is 2.30. The second kappa shape index (κ2) is 5.71. The lowest BCUT2D eigenvalue weighted by Gasteiger charge is -2.09. The standard InChI is InChI=1S/C12H12Cl2N2O2/c1-17-12(18-2)11-6-10(15-16-11)8-4-3-7(13)5-9(8)14/h3-6,12H,1-2H3,(H,15,16). The van der Waals surface area contributed by atoms with E-state index in [1.165, 1.54) is 0 Å². The van der Waals surface area contributed by atoms with E-state index in [0.717, 1.165) is 11.3 Å². The number of H-pyrrole nitrogens is 1. The molecule has 0 spiro atoms. The van der Waals surface area contributed by atoms with Gasteiger partial charge in [-0.2, -0.15) is 5.10 Å². The fourth-order valence-electron chi connectivity index (χ4n) is 1.64. The molecular formula is C12H12Cl2N2O2. The van der Waals surface area contributed by atoms with Gasteiger partial charge in [-0.3, -0.25) is 5.10 Å². The normalized spacial score (nSPS) is 11.2. The number of ether oxygens (including phenoxy) is 2. The van der Waals surface area contributed by atoms with E-state index in [0.29, 0.717) is 15.7 Å². The molecule has 1 N–H and O–H groups in total. The maximum atomic E-state index is 6.12. The van der Waals surface area contributed by atoms with Crippen LogP contribution in [0, 0.1) is 0 Å². The third kappa shape index (κ3) is 2.67. The SMILES string of the molecule is COC(OC)c1cc(-c2ccc(Cl)cc2Cl)n[nH]1. The highest BCUT2D eigenvalue weighted by molar-refractivity contribution is 6.36. The van der Waals surface area contributed by atoms with Gasteiger partial charge in [0.25, 0.3) is 0 Å². The van der Waals surface area contributed by atoms with Crippen LogP contribution in [0.4, 0.5) is 0 Å². The van der Waals surface area contributed by atoms with Crippen molar-refractivity contribution in [2.75, 3.05) is 14.2 Å². The third-order valence-corrected chi connectivity index (χ3v) is 3.03. The Labute approximate surface area is 115 Å². The van der Waals surface area contributed by atoms with Gasteiger partial charge in [0.1, 0.15) is 0 Å². The Bertz CT molecular complexity index is 539. The van der Waals surface area contributed by atoms with Crippen molar-refractivity contribution in [3.05, 3.63) is 40.0 Å². The Morgan fingerprint density at radius 2 is 1.89 bits per heavy atom. The van der Waals surface area contributed by atoms with E-state index < -0.39 is 6.29 Å². The van der Waals surface area contributed by atoms with Gasteiger partial charge in [0, 0.05) is 24.8 Å². The van der Waals surface area contributed by atoms with Crippen LogP contribution in [-0.2, 0) is 9.47 Å². The molecule has 0 bridgehead atoms. The average molecular weight is 287 g/mol. The van der Waals surface area contributed by atoms with E-state index in [2.05, 4.69) is 10.2 Å². The predicted octanol–water partition coefficient (Wildman–Crippen LogP) is 3.67. The molecule has 0 saturated carbocycles. The zero-order valence-corrected chi connectivity index (χ0v) is 11.4. The van der Waals surface area contributed by atoms with Crippen LogP contribution in [0.15, 0.2) is 24.3 Å².